The summed E-state index contributed by atoms with van der Waals surface area (Å²) in [6.45, 7) is 2.94. The number of benzene rings is 1. The molecule has 1 aliphatic rings. The molecule has 0 aliphatic heterocycles. The van der Waals surface area contributed by atoms with E-state index >= 15 is 0 Å². The monoisotopic (exact) mass is 304 g/mol. The third kappa shape index (κ3) is 2.61. The van der Waals surface area contributed by atoms with Gasteiger partial charge in [-0.05, 0) is 43.4 Å². The van der Waals surface area contributed by atoms with Gasteiger partial charge in [-0.2, -0.15) is 24.8 Å². The molecule has 0 radical (unpaired) electrons. The smallest absolute Gasteiger partial charge is 0.254 e. The van der Waals surface area contributed by atoms with Crippen LogP contribution in [-0.4, -0.2) is 26.1 Å². The van der Waals surface area contributed by atoms with Crippen LogP contribution in [0.4, 0.5) is 5.82 Å². The van der Waals surface area contributed by atoms with Gasteiger partial charge in [-0.3, -0.25) is 0 Å². The van der Waals surface area contributed by atoms with Gasteiger partial charge in [-0.1, -0.05) is 6.07 Å². The zero-order valence-corrected chi connectivity index (χ0v) is 12.8. The molecule has 1 N–H and O–H groups in total. The largest absolute Gasteiger partial charge is 0.370 e. The zero-order valence-electron chi connectivity index (χ0n) is 12.8. The second kappa shape index (κ2) is 5.36. The van der Waals surface area contributed by atoms with Gasteiger partial charge < -0.3 is 5.32 Å². The highest BCUT2D eigenvalue weighted by atomic mass is 15.3. The topological polar surface area (TPSA) is 78.9 Å². The van der Waals surface area contributed by atoms with E-state index in [1.165, 1.54) is 19.2 Å². The number of nitrogens with zero attached hydrogens (tertiary/aromatic N) is 5. The molecule has 2 aromatic heterocycles. The molecule has 6 heteroatoms. The van der Waals surface area contributed by atoms with Crippen LogP contribution in [0, 0.1) is 24.2 Å². The second-order valence-electron chi connectivity index (χ2n) is 5.96. The molecule has 1 fully saturated rings. The maximum absolute atomic E-state index is 9.04. The third-order valence-electron chi connectivity index (χ3n) is 4.15. The zero-order chi connectivity index (χ0) is 15.8. The van der Waals surface area contributed by atoms with E-state index in [9.17, 15) is 0 Å². The van der Waals surface area contributed by atoms with E-state index in [4.69, 9.17) is 5.26 Å². The van der Waals surface area contributed by atoms with Crippen molar-refractivity contribution >= 4 is 11.6 Å². The molecule has 114 valence electrons. The number of nitrogens with one attached hydrogen (secondary N) is 1. The molecule has 4 rings (SSSR count). The summed E-state index contributed by atoms with van der Waals surface area (Å²) in [5.74, 6) is 2.16. The number of nitriles is 1. The van der Waals surface area contributed by atoms with E-state index in [1.54, 1.807) is 4.52 Å². The number of hydrogen-bond acceptors (Lipinski definition) is 5. The van der Waals surface area contributed by atoms with Gasteiger partial charge in [-0.15, -0.1) is 0 Å². The first-order valence-corrected chi connectivity index (χ1v) is 7.70. The summed E-state index contributed by atoms with van der Waals surface area (Å²) >= 11 is 0. The minimum absolute atomic E-state index is 0.574. The summed E-state index contributed by atoms with van der Waals surface area (Å²) in [6, 6.07) is 9.83. The average Bonchev–Trinajstić information content (AvgIpc) is 3.27. The summed E-state index contributed by atoms with van der Waals surface area (Å²) in [5.41, 5.74) is 3.63. The Balaban J connectivity index is 1.80. The minimum Gasteiger partial charge on any atom is -0.370 e. The van der Waals surface area contributed by atoms with E-state index in [0.29, 0.717) is 11.3 Å². The lowest BCUT2D eigenvalue weighted by Crippen LogP contribution is -2.07. The number of fused-ring (bicyclic) bond motifs is 1. The third-order valence-corrected chi connectivity index (χ3v) is 4.15. The molecule has 0 amide bonds. The van der Waals surface area contributed by atoms with Gasteiger partial charge in [0.05, 0.1) is 17.3 Å². The van der Waals surface area contributed by atoms with Gasteiger partial charge in [0.15, 0.2) is 0 Å². The predicted molar refractivity (Wildman–Crippen MR) is 86.9 cm³/mol. The Labute approximate surface area is 133 Å². The lowest BCUT2D eigenvalue weighted by atomic mass is 10.0. The number of aromatic nitrogens is 4. The fraction of sp³-hybridized carbons (Fsp3) is 0.294. The van der Waals surface area contributed by atoms with Crippen LogP contribution in [-0.2, 0) is 0 Å². The number of anilines is 1. The molecule has 0 bridgehead atoms. The SMILES string of the molecule is Cc1cc(C#N)ccc1-c1cc(NCC2CC2)nc2ncnn12. The minimum atomic E-state index is 0.574. The maximum Gasteiger partial charge on any atom is 0.254 e. The van der Waals surface area contributed by atoms with E-state index < -0.39 is 0 Å². The molecule has 0 atom stereocenters. The van der Waals surface area contributed by atoms with Crippen molar-refractivity contribution in [1.29, 1.82) is 5.26 Å². The molecule has 0 unspecified atom stereocenters. The lowest BCUT2D eigenvalue weighted by molar-refractivity contribution is 0.877. The first kappa shape index (κ1) is 13.7. The summed E-state index contributed by atoms with van der Waals surface area (Å²) in [6.07, 6.45) is 4.10. The highest BCUT2D eigenvalue weighted by Gasteiger charge is 2.21. The Morgan fingerprint density at radius 3 is 2.96 bits per heavy atom. The molecular formula is C17H16N6. The highest BCUT2D eigenvalue weighted by Crippen LogP contribution is 2.30. The Kier molecular flexibility index (Phi) is 3.19. The van der Waals surface area contributed by atoms with Crippen molar-refractivity contribution in [2.45, 2.75) is 19.8 Å². The number of aryl methyl sites for hydroxylation is 1. The van der Waals surface area contributed by atoms with Crippen molar-refractivity contribution in [3.05, 3.63) is 41.7 Å². The van der Waals surface area contributed by atoms with Crippen LogP contribution in [0.15, 0.2) is 30.6 Å². The van der Waals surface area contributed by atoms with Gasteiger partial charge in [0, 0.05) is 18.2 Å². The van der Waals surface area contributed by atoms with Crippen LogP contribution < -0.4 is 5.32 Å². The Hall–Kier alpha value is -2.94. The van der Waals surface area contributed by atoms with Gasteiger partial charge in [0.25, 0.3) is 5.78 Å². The van der Waals surface area contributed by atoms with Crippen LogP contribution >= 0.6 is 0 Å². The van der Waals surface area contributed by atoms with Crippen molar-refractivity contribution in [2.24, 2.45) is 5.92 Å². The van der Waals surface area contributed by atoms with Gasteiger partial charge >= 0.3 is 0 Å². The van der Waals surface area contributed by atoms with Crippen LogP contribution in [0.2, 0.25) is 0 Å². The van der Waals surface area contributed by atoms with Crippen molar-refractivity contribution < 1.29 is 0 Å². The summed E-state index contributed by atoms with van der Waals surface area (Å²) in [4.78, 5) is 8.73. The van der Waals surface area contributed by atoms with Crippen molar-refractivity contribution in [2.75, 3.05) is 11.9 Å². The molecular weight excluding hydrogens is 288 g/mol. The van der Waals surface area contributed by atoms with Crippen LogP contribution in [0.25, 0.3) is 17.0 Å². The summed E-state index contributed by atoms with van der Waals surface area (Å²) in [7, 11) is 0. The van der Waals surface area contributed by atoms with Crippen molar-refractivity contribution in [3.8, 4) is 17.3 Å². The van der Waals surface area contributed by atoms with E-state index in [2.05, 4.69) is 26.5 Å². The Bertz CT molecular complexity index is 916. The first-order valence-electron chi connectivity index (χ1n) is 7.70. The number of hydrogen-bond donors (Lipinski definition) is 1. The molecule has 23 heavy (non-hydrogen) atoms. The summed E-state index contributed by atoms with van der Waals surface area (Å²) < 4.78 is 1.73. The molecule has 0 saturated heterocycles. The van der Waals surface area contributed by atoms with Gasteiger partial charge in [0.2, 0.25) is 0 Å². The molecule has 6 nitrogen and oxygen atoms in total. The van der Waals surface area contributed by atoms with Gasteiger partial charge in [0.1, 0.15) is 12.1 Å². The number of rotatable bonds is 4. The van der Waals surface area contributed by atoms with Crippen molar-refractivity contribution in [1.82, 2.24) is 19.6 Å². The fourth-order valence-corrected chi connectivity index (χ4v) is 2.69. The van der Waals surface area contributed by atoms with Crippen LogP contribution in [0.1, 0.15) is 24.0 Å². The second-order valence-corrected chi connectivity index (χ2v) is 5.96. The summed E-state index contributed by atoms with van der Waals surface area (Å²) in [5, 5.41) is 16.7. The predicted octanol–water partition coefficient (Wildman–Crippen LogP) is 2.79. The maximum atomic E-state index is 9.04. The standard InChI is InChI=1S/C17H16N6/c1-11-6-13(8-18)4-5-14(11)15-7-16(19-9-12-2-3-12)22-17-20-10-21-23(15)17/h4-7,10,12H,2-3,9H2,1H3,(H,19,20,21,22). The quantitative estimate of drug-likeness (QED) is 0.801. The molecule has 1 aliphatic carbocycles. The van der Waals surface area contributed by atoms with E-state index in [1.807, 2.05) is 31.2 Å². The lowest BCUT2D eigenvalue weighted by Gasteiger charge is -2.11. The highest BCUT2D eigenvalue weighted by molar-refractivity contribution is 5.69. The van der Waals surface area contributed by atoms with Crippen molar-refractivity contribution in [3.63, 3.8) is 0 Å². The average molecular weight is 304 g/mol. The fourth-order valence-electron chi connectivity index (χ4n) is 2.69. The molecule has 1 saturated carbocycles. The van der Waals surface area contributed by atoms with E-state index in [-0.39, 0.29) is 0 Å². The Morgan fingerprint density at radius 1 is 1.35 bits per heavy atom. The molecule has 2 heterocycles. The van der Waals surface area contributed by atoms with Crippen LogP contribution in [0.5, 0.6) is 0 Å². The molecule has 0 spiro atoms. The van der Waals surface area contributed by atoms with Crippen LogP contribution in [0.3, 0.4) is 0 Å². The van der Waals surface area contributed by atoms with Gasteiger partial charge in [-0.25, -0.2) is 0 Å². The Morgan fingerprint density at radius 2 is 2.22 bits per heavy atom. The molecule has 3 aromatic rings. The van der Waals surface area contributed by atoms with E-state index in [0.717, 1.165) is 35.1 Å². The normalized spacial score (nSPS) is 13.9. The first-order chi connectivity index (χ1) is 11.2. The molecule has 1 aromatic carbocycles.